The van der Waals surface area contributed by atoms with Gasteiger partial charge in [-0.1, -0.05) is 23.7 Å². The van der Waals surface area contributed by atoms with Gasteiger partial charge in [0, 0.05) is 17.5 Å². The highest BCUT2D eigenvalue weighted by Gasteiger charge is 2.10. The van der Waals surface area contributed by atoms with E-state index in [0.717, 1.165) is 5.56 Å². The highest BCUT2D eigenvalue weighted by atomic mass is 35.5. The maximum absolute atomic E-state index is 11.5. The zero-order valence-corrected chi connectivity index (χ0v) is 11.5. The summed E-state index contributed by atoms with van der Waals surface area (Å²) in [6.07, 6.45) is 0.338. The Morgan fingerprint density at radius 2 is 2.12 bits per heavy atom. The van der Waals surface area contributed by atoms with E-state index in [-0.39, 0.29) is 30.4 Å². The van der Waals surface area contributed by atoms with E-state index in [1.807, 2.05) is 38.1 Å². The SMILES string of the molecule is CC(N)CC(=O)NC(C)c1cccc(Cl)c1.Cl. The van der Waals surface area contributed by atoms with Crippen LogP contribution in [0.3, 0.4) is 0 Å². The molecule has 0 aromatic heterocycles. The molecule has 3 N–H and O–H groups in total. The largest absolute Gasteiger partial charge is 0.350 e. The van der Waals surface area contributed by atoms with Crippen LogP contribution in [0.1, 0.15) is 31.9 Å². The normalized spacial score (nSPS) is 13.4. The van der Waals surface area contributed by atoms with Crippen molar-refractivity contribution >= 4 is 29.9 Å². The molecule has 1 aromatic rings. The van der Waals surface area contributed by atoms with Crippen molar-refractivity contribution in [1.82, 2.24) is 5.32 Å². The minimum absolute atomic E-state index is 0. The number of hydrogen-bond acceptors (Lipinski definition) is 2. The van der Waals surface area contributed by atoms with Crippen LogP contribution in [0.25, 0.3) is 0 Å². The lowest BCUT2D eigenvalue weighted by Gasteiger charge is -2.15. The Hall–Kier alpha value is -0.770. The molecule has 17 heavy (non-hydrogen) atoms. The lowest BCUT2D eigenvalue weighted by molar-refractivity contribution is -0.122. The van der Waals surface area contributed by atoms with Gasteiger partial charge in [-0.05, 0) is 31.5 Å². The van der Waals surface area contributed by atoms with E-state index < -0.39 is 0 Å². The number of nitrogens with two attached hydrogens (primary N) is 1. The zero-order valence-electron chi connectivity index (χ0n) is 9.94. The number of benzene rings is 1. The summed E-state index contributed by atoms with van der Waals surface area (Å²) in [4.78, 5) is 11.5. The second-order valence-electron chi connectivity index (χ2n) is 4.03. The Kier molecular flexibility index (Phi) is 7.19. The van der Waals surface area contributed by atoms with Crippen LogP contribution in [-0.2, 0) is 4.79 Å². The van der Waals surface area contributed by atoms with Crippen molar-refractivity contribution in [2.24, 2.45) is 5.73 Å². The Morgan fingerprint density at radius 1 is 1.47 bits per heavy atom. The van der Waals surface area contributed by atoms with Crippen molar-refractivity contribution in [3.05, 3.63) is 34.9 Å². The predicted octanol–water partition coefficient (Wildman–Crippen LogP) is 2.68. The third-order valence-electron chi connectivity index (χ3n) is 2.23. The molecule has 0 saturated heterocycles. The summed E-state index contributed by atoms with van der Waals surface area (Å²) in [6, 6.07) is 7.28. The first-order valence-electron chi connectivity index (χ1n) is 5.29. The molecular weight excluding hydrogens is 259 g/mol. The van der Waals surface area contributed by atoms with Crippen molar-refractivity contribution in [2.75, 3.05) is 0 Å². The fourth-order valence-corrected chi connectivity index (χ4v) is 1.65. The second-order valence-corrected chi connectivity index (χ2v) is 4.46. The summed E-state index contributed by atoms with van der Waals surface area (Å²) in [5.41, 5.74) is 6.54. The fourth-order valence-electron chi connectivity index (χ4n) is 1.45. The first-order valence-corrected chi connectivity index (χ1v) is 5.67. The van der Waals surface area contributed by atoms with Crippen molar-refractivity contribution in [2.45, 2.75) is 32.4 Å². The molecular formula is C12H18Cl2N2O. The molecule has 2 atom stereocenters. The van der Waals surface area contributed by atoms with Gasteiger partial charge in [0.2, 0.25) is 5.91 Å². The van der Waals surface area contributed by atoms with Gasteiger partial charge in [-0.3, -0.25) is 4.79 Å². The molecule has 96 valence electrons. The summed E-state index contributed by atoms with van der Waals surface area (Å²) < 4.78 is 0. The van der Waals surface area contributed by atoms with Gasteiger partial charge in [0.25, 0.3) is 0 Å². The van der Waals surface area contributed by atoms with Crippen LogP contribution in [0.4, 0.5) is 0 Å². The van der Waals surface area contributed by atoms with E-state index in [1.165, 1.54) is 0 Å². The highest BCUT2D eigenvalue weighted by Crippen LogP contribution is 2.17. The molecule has 1 aromatic carbocycles. The summed E-state index contributed by atoms with van der Waals surface area (Å²) in [5, 5.41) is 3.55. The van der Waals surface area contributed by atoms with E-state index in [9.17, 15) is 4.79 Å². The Bertz CT molecular complexity index is 369. The van der Waals surface area contributed by atoms with Gasteiger partial charge in [0.05, 0.1) is 6.04 Å². The summed E-state index contributed by atoms with van der Waals surface area (Å²) in [6.45, 7) is 3.73. The predicted molar refractivity (Wildman–Crippen MR) is 73.5 cm³/mol. The van der Waals surface area contributed by atoms with E-state index in [2.05, 4.69) is 5.32 Å². The van der Waals surface area contributed by atoms with Gasteiger partial charge < -0.3 is 11.1 Å². The van der Waals surface area contributed by atoms with E-state index >= 15 is 0 Å². The van der Waals surface area contributed by atoms with Gasteiger partial charge in [-0.2, -0.15) is 0 Å². The first-order chi connectivity index (χ1) is 7.49. The Balaban J connectivity index is 0.00000256. The van der Waals surface area contributed by atoms with Crippen molar-refractivity contribution in [1.29, 1.82) is 0 Å². The smallest absolute Gasteiger partial charge is 0.222 e. The molecule has 0 spiro atoms. The summed E-state index contributed by atoms with van der Waals surface area (Å²) in [5.74, 6) is -0.0394. The van der Waals surface area contributed by atoms with Crippen LogP contribution in [0.15, 0.2) is 24.3 Å². The van der Waals surface area contributed by atoms with Crippen LogP contribution < -0.4 is 11.1 Å². The van der Waals surface area contributed by atoms with Gasteiger partial charge in [-0.25, -0.2) is 0 Å². The molecule has 0 heterocycles. The number of rotatable bonds is 4. The minimum atomic E-state index is -0.119. The average molecular weight is 277 g/mol. The van der Waals surface area contributed by atoms with Crippen LogP contribution in [0.5, 0.6) is 0 Å². The Labute approximate surface area is 113 Å². The molecule has 3 nitrogen and oxygen atoms in total. The van der Waals surface area contributed by atoms with Gasteiger partial charge in [-0.15, -0.1) is 12.4 Å². The molecule has 0 aliphatic rings. The number of carbonyl (C=O) groups is 1. The molecule has 0 fully saturated rings. The molecule has 0 saturated carbocycles. The standard InChI is InChI=1S/C12H17ClN2O.ClH/c1-8(14)6-12(16)15-9(2)10-4-3-5-11(13)7-10;/h3-5,7-9H,6,14H2,1-2H3,(H,15,16);1H. The van der Waals surface area contributed by atoms with Crippen LogP contribution in [-0.4, -0.2) is 11.9 Å². The monoisotopic (exact) mass is 276 g/mol. The summed E-state index contributed by atoms with van der Waals surface area (Å²) >= 11 is 5.88. The molecule has 0 aliphatic carbocycles. The molecule has 0 radical (unpaired) electrons. The number of halogens is 2. The van der Waals surface area contributed by atoms with Crippen molar-refractivity contribution in [3.63, 3.8) is 0 Å². The van der Waals surface area contributed by atoms with E-state index in [0.29, 0.717) is 11.4 Å². The lowest BCUT2D eigenvalue weighted by Crippen LogP contribution is -2.31. The second kappa shape index (κ2) is 7.54. The third-order valence-corrected chi connectivity index (χ3v) is 2.47. The lowest BCUT2D eigenvalue weighted by atomic mass is 10.1. The molecule has 1 rings (SSSR count). The molecule has 2 unspecified atom stereocenters. The summed E-state index contributed by atoms with van der Waals surface area (Å²) in [7, 11) is 0. The number of hydrogen-bond donors (Lipinski definition) is 2. The Morgan fingerprint density at radius 3 is 2.65 bits per heavy atom. The van der Waals surface area contributed by atoms with Gasteiger partial charge >= 0.3 is 0 Å². The number of amides is 1. The number of nitrogens with one attached hydrogen (secondary N) is 1. The number of carbonyl (C=O) groups excluding carboxylic acids is 1. The van der Waals surface area contributed by atoms with E-state index in [1.54, 1.807) is 0 Å². The quantitative estimate of drug-likeness (QED) is 0.889. The van der Waals surface area contributed by atoms with Gasteiger partial charge in [0.1, 0.15) is 0 Å². The average Bonchev–Trinajstić information content (AvgIpc) is 2.16. The fraction of sp³-hybridized carbons (Fsp3) is 0.417. The maximum Gasteiger partial charge on any atom is 0.222 e. The molecule has 0 aliphatic heterocycles. The van der Waals surface area contributed by atoms with Crippen LogP contribution in [0.2, 0.25) is 5.02 Å². The van der Waals surface area contributed by atoms with Gasteiger partial charge in [0.15, 0.2) is 0 Å². The molecule has 5 heteroatoms. The van der Waals surface area contributed by atoms with Crippen LogP contribution >= 0.6 is 24.0 Å². The molecule has 1 amide bonds. The topological polar surface area (TPSA) is 55.1 Å². The maximum atomic E-state index is 11.5. The van der Waals surface area contributed by atoms with Crippen LogP contribution in [0, 0.1) is 0 Å². The highest BCUT2D eigenvalue weighted by molar-refractivity contribution is 6.30. The first kappa shape index (κ1) is 16.2. The zero-order chi connectivity index (χ0) is 12.1. The minimum Gasteiger partial charge on any atom is -0.350 e. The third kappa shape index (κ3) is 5.91. The molecule has 0 bridgehead atoms. The van der Waals surface area contributed by atoms with Crippen molar-refractivity contribution < 1.29 is 4.79 Å². The van der Waals surface area contributed by atoms with Crippen molar-refractivity contribution in [3.8, 4) is 0 Å². The van der Waals surface area contributed by atoms with E-state index in [4.69, 9.17) is 17.3 Å².